The number of benzene rings is 3. The van der Waals surface area contributed by atoms with Crippen molar-refractivity contribution in [3.05, 3.63) is 68.6 Å². The Balaban J connectivity index is 1.71. The van der Waals surface area contributed by atoms with E-state index in [9.17, 15) is 0 Å². The Hall–Kier alpha value is -1.60. The molecule has 0 amide bonds. The van der Waals surface area contributed by atoms with Gasteiger partial charge in [0.25, 0.3) is 0 Å². The molecule has 0 aliphatic rings. The summed E-state index contributed by atoms with van der Waals surface area (Å²) in [6.45, 7) is 4.33. The van der Waals surface area contributed by atoms with E-state index in [1.54, 1.807) is 22.7 Å². The first kappa shape index (κ1) is 18.4. The highest BCUT2D eigenvalue weighted by atomic mass is 79.9. The summed E-state index contributed by atoms with van der Waals surface area (Å²) in [7, 11) is 0. The molecule has 0 radical (unpaired) electrons. The molecule has 0 spiro atoms. The monoisotopic (exact) mass is 528 g/mol. The van der Waals surface area contributed by atoms with Gasteiger partial charge >= 0.3 is 0 Å². The fraction of sp³-hybridized carbons (Fsp3) is 0.0909. The summed E-state index contributed by atoms with van der Waals surface area (Å²) in [6, 6.07) is 16.7. The average molecular weight is 530 g/mol. The van der Waals surface area contributed by atoms with Crippen LogP contribution in [0.5, 0.6) is 0 Å². The van der Waals surface area contributed by atoms with Crippen LogP contribution in [0.3, 0.4) is 0 Å². The van der Waals surface area contributed by atoms with Gasteiger partial charge in [0.15, 0.2) is 0 Å². The minimum atomic E-state index is 1.06. The first-order valence-electron chi connectivity index (χ1n) is 8.73. The normalized spacial score (nSPS) is 11.6. The number of aromatic nitrogens is 2. The van der Waals surface area contributed by atoms with Crippen LogP contribution < -0.4 is 0 Å². The van der Waals surface area contributed by atoms with E-state index in [0.29, 0.717) is 0 Å². The van der Waals surface area contributed by atoms with E-state index in [2.05, 4.69) is 94.2 Å². The first-order valence-corrected chi connectivity index (χ1v) is 12.0. The summed E-state index contributed by atoms with van der Waals surface area (Å²) in [6.07, 6.45) is 0. The zero-order valence-corrected chi connectivity index (χ0v) is 19.9. The van der Waals surface area contributed by atoms with Gasteiger partial charge in [0.05, 0.1) is 20.4 Å². The van der Waals surface area contributed by atoms with Crippen LogP contribution in [-0.4, -0.2) is 9.97 Å². The summed E-state index contributed by atoms with van der Waals surface area (Å²) in [4.78, 5) is 9.96. The second-order valence-corrected chi connectivity index (χ2v) is 10.5. The fourth-order valence-electron chi connectivity index (χ4n) is 3.30. The number of halogens is 2. The Bertz CT molecular complexity index is 1180. The molecule has 0 unspecified atom stereocenters. The third-order valence-electron chi connectivity index (χ3n) is 4.83. The summed E-state index contributed by atoms with van der Waals surface area (Å²) in [5.74, 6) is 0. The minimum absolute atomic E-state index is 1.06. The van der Waals surface area contributed by atoms with Gasteiger partial charge in [-0.3, -0.25) is 0 Å². The maximum absolute atomic E-state index is 4.98. The SMILES string of the molecule is Cc1c2nc(-c3ccc(Br)cc3)sc2c(C)c2sc(-c3ccc(Br)cc3)nc12. The van der Waals surface area contributed by atoms with Gasteiger partial charge in [-0.1, -0.05) is 56.1 Å². The van der Waals surface area contributed by atoms with Crippen molar-refractivity contribution in [2.45, 2.75) is 13.8 Å². The second kappa shape index (κ2) is 7.02. The van der Waals surface area contributed by atoms with Gasteiger partial charge in [0.2, 0.25) is 0 Å². The van der Waals surface area contributed by atoms with Gasteiger partial charge in [-0.05, 0) is 43.7 Å². The van der Waals surface area contributed by atoms with Crippen molar-refractivity contribution in [1.29, 1.82) is 0 Å². The number of hydrogen-bond acceptors (Lipinski definition) is 4. The molecule has 0 aliphatic heterocycles. The van der Waals surface area contributed by atoms with Crippen LogP contribution >= 0.6 is 54.5 Å². The van der Waals surface area contributed by atoms with Gasteiger partial charge in [0, 0.05) is 25.6 Å². The maximum Gasteiger partial charge on any atom is 0.124 e. The van der Waals surface area contributed by atoms with Crippen LogP contribution in [-0.2, 0) is 0 Å². The predicted molar refractivity (Wildman–Crippen MR) is 129 cm³/mol. The van der Waals surface area contributed by atoms with Gasteiger partial charge in [0.1, 0.15) is 10.0 Å². The smallest absolute Gasteiger partial charge is 0.124 e. The predicted octanol–water partition coefficient (Wildman–Crippen LogP) is 8.38. The number of nitrogens with zero attached hydrogens (tertiary/aromatic N) is 2. The Morgan fingerprint density at radius 1 is 0.607 bits per heavy atom. The van der Waals surface area contributed by atoms with Crippen molar-refractivity contribution in [2.24, 2.45) is 0 Å². The summed E-state index contributed by atoms with van der Waals surface area (Å²) < 4.78 is 4.67. The molecule has 2 heterocycles. The first-order chi connectivity index (χ1) is 13.5. The number of aryl methyl sites for hydroxylation is 2. The highest BCUT2D eigenvalue weighted by molar-refractivity contribution is 9.10. The van der Waals surface area contributed by atoms with Crippen LogP contribution in [0, 0.1) is 13.8 Å². The van der Waals surface area contributed by atoms with Gasteiger partial charge in [-0.2, -0.15) is 0 Å². The van der Waals surface area contributed by atoms with E-state index >= 15 is 0 Å². The van der Waals surface area contributed by atoms with Gasteiger partial charge < -0.3 is 0 Å². The van der Waals surface area contributed by atoms with E-state index in [4.69, 9.17) is 9.97 Å². The Labute approximate surface area is 187 Å². The van der Waals surface area contributed by atoms with E-state index in [1.165, 1.54) is 15.0 Å². The molecule has 138 valence electrons. The highest BCUT2D eigenvalue weighted by Crippen LogP contribution is 2.42. The lowest BCUT2D eigenvalue weighted by molar-refractivity contribution is 1.39. The number of rotatable bonds is 2. The summed E-state index contributed by atoms with van der Waals surface area (Å²) >= 11 is 10.5. The molecule has 5 aromatic rings. The van der Waals surface area contributed by atoms with Crippen molar-refractivity contribution < 1.29 is 0 Å². The quantitative estimate of drug-likeness (QED) is 0.229. The van der Waals surface area contributed by atoms with Crippen LogP contribution in [0.15, 0.2) is 57.5 Å². The molecule has 0 saturated heterocycles. The summed E-state index contributed by atoms with van der Waals surface area (Å²) in [5.41, 5.74) is 6.87. The fourth-order valence-corrected chi connectivity index (χ4v) is 6.17. The number of hydrogen-bond donors (Lipinski definition) is 0. The lowest BCUT2D eigenvalue weighted by Gasteiger charge is -2.00. The average Bonchev–Trinajstić information content (AvgIpc) is 3.33. The van der Waals surface area contributed by atoms with E-state index < -0.39 is 0 Å². The molecular weight excluding hydrogens is 516 g/mol. The Morgan fingerprint density at radius 2 is 1.00 bits per heavy atom. The molecular formula is C22H14Br2N2S2. The maximum atomic E-state index is 4.98. The van der Waals surface area contributed by atoms with Crippen LogP contribution in [0.2, 0.25) is 0 Å². The second-order valence-electron chi connectivity index (χ2n) is 6.66. The van der Waals surface area contributed by atoms with Crippen molar-refractivity contribution in [3.8, 4) is 21.1 Å². The molecule has 0 N–H and O–H groups in total. The van der Waals surface area contributed by atoms with Crippen molar-refractivity contribution in [2.75, 3.05) is 0 Å². The molecule has 2 nitrogen and oxygen atoms in total. The molecule has 0 bridgehead atoms. The van der Waals surface area contributed by atoms with Gasteiger partial charge in [-0.25, -0.2) is 9.97 Å². The number of fused-ring (bicyclic) bond motifs is 2. The van der Waals surface area contributed by atoms with Crippen LogP contribution in [0.25, 0.3) is 41.6 Å². The molecule has 0 fully saturated rings. The minimum Gasteiger partial charge on any atom is -0.236 e. The largest absolute Gasteiger partial charge is 0.236 e. The van der Waals surface area contributed by atoms with Gasteiger partial charge in [-0.15, -0.1) is 22.7 Å². The highest BCUT2D eigenvalue weighted by Gasteiger charge is 2.18. The standard InChI is InChI=1S/C22H14Br2N2S2/c1-11-17-19(27-21(25-17)13-3-7-15(23)8-4-13)12(2)20-18(11)26-22(28-20)14-5-9-16(24)10-6-14/h3-10H,1-2H3. The molecule has 0 saturated carbocycles. The van der Waals surface area contributed by atoms with Crippen molar-refractivity contribution in [1.82, 2.24) is 9.97 Å². The third-order valence-corrected chi connectivity index (χ3v) is 8.33. The lowest BCUT2D eigenvalue weighted by atomic mass is 10.1. The molecule has 6 heteroatoms. The zero-order valence-electron chi connectivity index (χ0n) is 15.1. The molecule has 5 rings (SSSR count). The van der Waals surface area contributed by atoms with E-state index in [1.807, 2.05) is 0 Å². The zero-order chi connectivity index (χ0) is 19.4. The Morgan fingerprint density at radius 3 is 1.39 bits per heavy atom. The number of thiazole rings is 2. The lowest BCUT2D eigenvalue weighted by Crippen LogP contribution is -1.84. The summed E-state index contributed by atoms with van der Waals surface area (Å²) in [5, 5.41) is 2.11. The van der Waals surface area contributed by atoms with Crippen molar-refractivity contribution in [3.63, 3.8) is 0 Å². The molecule has 2 aromatic heterocycles. The molecule has 0 aliphatic carbocycles. The Kier molecular flexibility index (Phi) is 4.62. The topological polar surface area (TPSA) is 25.8 Å². The molecule has 28 heavy (non-hydrogen) atoms. The van der Waals surface area contributed by atoms with Crippen molar-refractivity contribution >= 4 is 75.0 Å². The third kappa shape index (κ3) is 3.03. The van der Waals surface area contributed by atoms with E-state index in [-0.39, 0.29) is 0 Å². The van der Waals surface area contributed by atoms with Crippen LogP contribution in [0.1, 0.15) is 11.1 Å². The molecule has 0 atom stereocenters. The van der Waals surface area contributed by atoms with E-state index in [0.717, 1.165) is 46.7 Å². The van der Waals surface area contributed by atoms with Crippen LogP contribution in [0.4, 0.5) is 0 Å². The molecule has 3 aromatic carbocycles.